The topological polar surface area (TPSA) is 20.2 Å². The fraction of sp³-hybridized carbons (Fsp3) is 0.200. The van der Waals surface area contributed by atoms with Crippen LogP contribution in [0.15, 0.2) is 30.3 Å². The van der Waals surface area contributed by atoms with Gasteiger partial charge in [-0.25, -0.2) is 0 Å². The number of benzene rings is 1. The van der Waals surface area contributed by atoms with Gasteiger partial charge in [0.1, 0.15) is 0 Å². The zero-order chi connectivity index (χ0) is 16.0. The maximum Gasteiger partial charge on any atom is 2.00 e. The van der Waals surface area contributed by atoms with Gasteiger partial charge in [0.2, 0.25) is 0 Å². The number of aliphatic hydroxyl groups excluding tert-OH is 1. The summed E-state index contributed by atoms with van der Waals surface area (Å²) < 4.78 is 0. The molecule has 0 unspecified atom stereocenters. The van der Waals surface area contributed by atoms with Crippen LogP contribution in [0.25, 0.3) is 0 Å². The van der Waals surface area contributed by atoms with E-state index in [1.807, 2.05) is 68.9 Å². The van der Waals surface area contributed by atoms with Crippen molar-refractivity contribution >= 4 is 8.07 Å². The van der Waals surface area contributed by atoms with E-state index in [9.17, 15) is 5.11 Å². The number of hydrogen-bond donors (Lipinski definition) is 1. The van der Waals surface area contributed by atoms with Crippen molar-refractivity contribution in [1.82, 2.24) is 0 Å². The first-order valence-corrected chi connectivity index (χ1v) is 11.2. The summed E-state index contributed by atoms with van der Waals surface area (Å²) in [6, 6.07) is 9.86. The molecule has 0 heterocycles. The van der Waals surface area contributed by atoms with E-state index in [1.165, 1.54) is 5.54 Å². The van der Waals surface area contributed by atoms with Crippen LogP contribution in [0.3, 0.4) is 0 Å². The van der Waals surface area contributed by atoms with Gasteiger partial charge in [-0.2, -0.15) is 0 Å². The Kier molecular flexibility index (Phi) is 9.14. The van der Waals surface area contributed by atoms with Crippen molar-refractivity contribution in [3.8, 4) is 0 Å². The molecule has 1 nitrogen and oxygen atoms in total. The second kappa shape index (κ2) is 10.0. The smallest absolute Gasteiger partial charge is 0.388 e. The monoisotopic (exact) mass is 364 g/mol. The summed E-state index contributed by atoms with van der Waals surface area (Å²) >= 11 is 0. The largest absolute Gasteiger partial charge is 2.00 e. The fourth-order valence-corrected chi connectivity index (χ4v) is 4.17. The van der Waals surface area contributed by atoms with Crippen LogP contribution in [0.1, 0.15) is 11.7 Å². The Morgan fingerprint density at radius 1 is 0.783 bits per heavy atom. The Balaban J connectivity index is 0.000000377. The number of rotatable bonds is 3. The van der Waals surface area contributed by atoms with Crippen molar-refractivity contribution in [3.63, 3.8) is 0 Å². The van der Waals surface area contributed by atoms with Gasteiger partial charge in [0.25, 0.3) is 0 Å². The molecule has 10 radical (unpaired) electrons. The molecule has 3 rings (SSSR count). The van der Waals surface area contributed by atoms with Gasteiger partial charge in [-0.1, -0.05) is 50.0 Å². The third kappa shape index (κ3) is 6.38. The summed E-state index contributed by atoms with van der Waals surface area (Å²) in [6.07, 6.45) is 15.8. The normalized spacial score (nSPS) is 20.5. The molecule has 0 bridgehead atoms. The maximum absolute atomic E-state index is 10.4. The molecule has 3 heteroatoms. The molecule has 0 aromatic heterocycles. The Morgan fingerprint density at radius 3 is 1.78 bits per heavy atom. The third-order valence-electron chi connectivity index (χ3n) is 3.62. The van der Waals surface area contributed by atoms with Gasteiger partial charge in [0.15, 0.2) is 0 Å². The van der Waals surface area contributed by atoms with Crippen molar-refractivity contribution in [1.29, 1.82) is 0 Å². The second-order valence-electron chi connectivity index (χ2n) is 6.42. The maximum atomic E-state index is 10.4. The molecule has 0 aliphatic heterocycles. The summed E-state index contributed by atoms with van der Waals surface area (Å²) in [5.74, 6) is 1.08. The van der Waals surface area contributed by atoms with E-state index < -0.39 is 14.2 Å². The van der Waals surface area contributed by atoms with Crippen LogP contribution in [0, 0.1) is 62.8 Å². The first-order valence-electron chi connectivity index (χ1n) is 7.66. The van der Waals surface area contributed by atoms with Crippen LogP contribution in [0.2, 0.25) is 19.6 Å². The van der Waals surface area contributed by atoms with Crippen molar-refractivity contribution in [3.05, 3.63) is 98.7 Å². The zero-order valence-electron chi connectivity index (χ0n) is 13.9. The molecule has 0 amide bonds. The molecule has 0 saturated heterocycles. The standard InChI is InChI=1S/C15H19OSi.C5H5.Fe/c1-17(2,3)14-11-7-10-13(14)15(16)12-8-5-4-6-9-12;1-2-4-5-3-1;/h4-11,15-16H,1-3H3;1-5H;/q;;+2/t15-;;/m0../s1. The molecule has 23 heavy (non-hydrogen) atoms. The van der Waals surface area contributed by atoms with Crippen LogP contribution in [0.5, 0.6) is 0 Å². The molecular weight excluding hydrogens is 340 g/mol. The van der Waals surface area contributed by atoms with Gasteiger partial charge in [0.05, 0.1) is 14.2 Å². The van der Waals surface area contributed by atoms with Gasteiger partial charge in [-0.3, -0.25) is 0 Å². The van der Waals surface area contributed by atoms with E-state index in [1.54, 1.807) is 0 Å². The Bertz CT molecular complexity index is 417. The Hall–Kier alpha value is -0.0836. The summed E-state index contributed by atoms with van der Waals surface area (Å²) in [4.78, 5) is 0. The van der Waals surface area contributed by atoms with Crippen molar-refractivity contribution in [2.24, 2.45) is 0 Å². The quantitative estimate of drug-likeness (QED) is 0.789. The molecule has 120 valence electrons. The molecule has 0 spiro atoms. The van der Waals surface area contributed by atoms with Crippen molar-refractivity contribution < 1.29 is 22.2 Å². The van der Waals surface area contributed by atoms with E-state index in [0.29, 0.717) is 0 Å². The first kappa shape index (κ1) is 21.0. The summed E-state index contributed by atoms with van der Waals surface area (Å²) in [7, 11) is -1.38. The van der Waals surface area contributed by atoms with E-state index in [-0.39, 0.29) is 17.1 Å². The number of aliphatic hydroxyl groups is 1. The minimum Gasteiger partial charge on any atom is -0.388 e. The molecule has 1 atom stereocenters. The molecule has 2 aliphatic rings. The van der Waals surface area contributed by atoms with E-state index >= 15 is 0 Å². The van der Waals surface area contributed by atoms with Gasteiger partial charge in [-0.05, 0) is 62.5 Å². The molecule has 2 aliphatic carbocycles. The predicted octanol–water partition coefficient (Wildman–Crippen LogP) is 4.39. The Morgan fingerprint density at radius 2 is 1.30 bits per heavy atom. The molecule has 1 aromatic rings. The Labute approximate surface area is 154 Å². The van der Waals surface area contributed by atoms with Crippen LogP contribution < -0.4 is 0 Å². The fourth-order valence-electron chi connectivity index (χ4n) is 2.49. The summed E-state index contributed by atoms with van der Waals surface area (Å²) in [5, 5.41) is 10.4. The average molecular weight is 364 g/mol. The van der Waals surface area contributed by atoms with Crippen molar-refractivity contribution in [2.75, 3.05) is 0 Å². The average Bonchev–Trinajstić information content (AvgIpc) is 3.20. The van der Waals surface area contributed by atoms with Crippen LogP contribution in [-0.2, 0) is 17.1 Å². The minimum absolute atomic E-state index is 0. The summed E-state index contributed by atoms with van der Waals surface area (Å²) in [5.41, 5.74) is 2.33. The number of hydrogen-bond acceptors (Lipinski definition) is 1. The van der Waals surface area contributed by atoms with Gasteiger partial charge >= 0.3 is 17.1 Å². The second-order valence-corrected chi connectivity index (χ2v) is 11.5. The van der Waals surface area contributed by atoms with Crippen LogP contribution in [0.4, 0.5) is 0 Å². The van der Waals surface area contributed by atoms with Crippen LogP contribution in [-0.4, -0.2) is 13.2 Å². The minimum atomic E-state index is -1.38. The molecular formula is C20H24FeOSi+2. The molecule has 2 fully saturated rings. The first-order chi connectivity index (χ1) is 10.5. The van der Waals surface area contributed by atoms with E-state index in [2.05, 4.69) is 32.5 Å². The third-order valence-corrected chi connectivity index (χ3v) is 5.69. The predicted molar refractivity (Wildman–Crippen MR) is 95.6 cm³/mol. The van der Waals surface area contributed by atoms with Gasteiger partial charge in [0, 0.05) is 5.92 Å². The van der Waals surface area contributed by atoms with E-state index in [0.717, 1.165) is 11.5 Å². The van der Waals surface area contributed by atoms with Gasteiger partial charge in [-0.15, -0.1) is 0 Å². The van der Waals surface area contributed by atoms with Crippen molar-refractivity contribution in [2.45, 2.75) is 25.7 Å². The SMILES string of the molecule is C[Si](C)(C)[C]1[CH][CH][CH][C]1[C@@H](O)c1ccccc1.[CH]1[CH][CH][CH][CH]1.[Fe+2]. The molecule has 2 saturated carbocycles. The zero-order valence-corrected chi connectivity index (χ0v) is 16.0. The van der Waals surface area contributed by atoms with Crippen LogP contribution >= 0.6 is 0 Å². The van der Waals surface area contributed by atoms with Gasteiger partial charge < -0.3 is 5.11 Å². The summed E-state index contributed by atoms with van der Waals surface area (Å²) in [6.45, 7) is 6.93. The molecule has 1 aromatic carbocycles. The molecule has 1 N–H and O–H groups in total. The van der Waals surface area contributed by atoms with E-state index in [4.69, 9.17) is 0 Å².